The molecule has 0 amide bonds. The number of nitrogens with one attached hydrogen (secondary N) is 3. The number of benzene rings is 3. The molecule has 0 aliphatic rings. The van der Waals surface area contributed by atoms with Gasteiger partial charge >= 0.3 is 0 Å². The van der Waals surface area contributed by atoms with Crippen molar-refractivity contribution in [2.75, 3.05) is 14.8 Å². The topological polar surface area (TPSA) is 104 Å². The van der Waals surface area contributed by atoms with Crippen molar-refractivity contribution in [2.24, 2.45) is 0 Å². The van der Waals surface area contributed by atoms with Crippen LogP contribution >= 0.6 is 0 Å². The highest BCUT2D eigenvalue weighted by Gasteiger charge is 2.15. The molecular formula is C22H25N3O4S2. The van der Waals surface area contributed by atoms with Gasteiger partial charge in [-0.1, -0.05) is 30.3 Å². The molecule has 31 heavy (non-hydrogen) atoms. The molecule has 0 fully saturated rings. The summed E-state index contributed by atoms with van der Waals surface area (Å²) in [5.41, 5.74) is 2.79. The summed E-state index contributed by atoms with van der Waals surface area (Å²) in [6.45, 7) is 3.78. The zero-order valence-corrected chi connectivity index (χ0v) is 18.9. The second-order valence-corrected chi connectivity index (χ2v) is 11.2. The Labute approximate surface area is 183 Å². The number of rotatable bonds is 9. The summed E-state index contributed by atoms with van der Waals surface area (Å²) in [7, 11) is -6.99. The third-order valence-electron chi connectivity index (χ3n) is 4.52. The molecule has 0 saturated carbocycles. The third kappa shape index (κ3) is 6.22. The summed E-state index contributed by atoms with van der Waals surface area (Å²) < 4.78 is 53.7. The lowest BCUT2D eigenvalue weighted by Crippen LogP contribution is -2.22. The summed E-state index contributed by atoms with van der Waals surface area (Å²) in [6.07, 6.45) is 0. The average molecular weight is 460 g/mol. The van der Waals surface area contributed by atoms with Gasteiger partial charge < -0.3 is 5.32 Å². The molecule has 0 heterocycles. The second-order valence-electron chi connectivity index (χ2n) is 7.24. The Bertz CT molecular complexity index is 1210. The molecule has 0 saturated heterocycles. The van der Waals surface area contributed by atoms with Gasteiger partial charge in [-0.05, 0) is 67.9 Å². The van der Waals surface area contributed by atoms with Crippen LogP contribution in [0.25, 0.3) is 0 Å². The molecule has 0 aliphatic heterocycles. The van der Waals surface area contributed by atoms with E-state index in [-0.39, 0.29) is 4.90 Å². The van der Waals surface area contributed by atoms with E-state index in [1.807, 2.05) is 12.1 Å². The smallest absolute Gasteiger partial charge is 0.261 e. The van der Waals surface area contributed by atoms with E-state index >= 15 is 0 Å². The van der Waals surface area contributed by atoms with Crippen LogP contribution in [0.5, 0.6) is 0 Å². The van der Waals surface area contributed by atoms with Gasteiger partial charge in [-0.2, -0.15) is 0 Å². The fourth-order valence-electron chi connectivity index (χ4n) is 2.65. The average Bonchev–Trinajstić information content (AvgIpc) is 2.74. The predicted octanol–water partition coefficient (Wildman–Crippen LogP) is 4.25. The van der Waals surface area contributed by atoms with Crippen molar-refractivity contribution in [1.29, 1.82) is 0 Å². The first-order valence-corrected chi connectivity index (χ1v) is 12.7. The zero-order valence-electron chi connectivity index (χ0n) is 17.2. The molecule has 0 atom stereocenters. The van der Waals surface area contributed by atoms with Gasteiger partial charge in [-0.3, -0.25) is 9.44 Å². The minimum absolute atomic E-state index is 0.205. The van der Waals surface area contributed by atoms with E-state index in [9.17, 15) is 16.8 Å². The van der Waals surface area contributed by atoms with E-state index in [4.69, 9.17) is 0 Å². The van der Waals surface area contributed by atoms with Crippen LogP contribution in [0, 0.1) is 0 Å². The number of hydrogen-bond donors (Lipinski definition) is 3. The molecule has 7 nitrogen and oxygen atoms in total. The molecule has 3 N–H and O–H groups in total. The maximum atomic E-state index is 12.4. The van der Waals surface area contributed by atoms with Gasteiger partial charge in [0.2, 0.25) is 10.0 Å². The highest BCUT2D eigenvalue weighted by Crippen LogP contribution is 2.19. The monoisotopic (exact) mass is 459 g/mol. The molecule has 0 aliphatic carbocycles. The van der Waals surface area contributed by atoms with Crippen LogP contribution in [0.2, 0.25) is 0 Å². The Hall–Kier alpha value is -3.04. The normalized spacial score (nSPS) is 11.8. The number of anilines is 3. The van der Waals surface area contributed by atoms with Crippen LogP contribution in [-0.4, -0.2) is 22.1 Å². The van der Waals surface area contributed by atoms with Crippen molar-refractivity contribution in [2.45, 2.75) is 30.5 Å². The molecule has 9 heteroatoms. The van der Waals surface area contributed by atoms with Crippen molar-refractivity contribution < 1.29 is 16.8 Å². The lowest BCUT2D eigenvalue weighted by atomic mass is 10.2. The Balaban J connectivity index is 1.57. The first kappa shape index (κ1) is 22.6. The second kappa shape index (κ2) is 9.40. The highest BCUT2D eigenvalue weighted by atomic mass is 32.2. The summed E-state index contributed by atoms with van der Waals surface area (Å²) in [6, 6.07) is 22.3. The molecule has 0 bridgehead atoms. The van der Waals surface area contributed by atoms with Crippen LogP contribution in [-0.2, 0) is 26.6 Å². The summed E-state index contributed by atoms with van der Waals surface area (Å²) in [5, 5.41) is 2.75. The Morgan fingerprint density at radius 1 is 0.677 bits per heavy atom. The maximum absolute atomic E-state index is 12.4. The summed E-state index contributed by atoms with van der Waals surface area (Å²) in [5.74, 6) is 0. The largest absolute Gasteiger partial charge is 0.381 e. The Morgan fingerprint density at radius 2 is 1.19 bits per heavy atom. The molecule has 0 unspecified atom stereocenters. The number of hydrogen-bond acceptors (Lipinski definition) is 5. The lowest BCUT2D eigenvalue weighted by Gasteiger charge is -2.12. The van der Waals surface area contributed by atoms with Crippen LogP contribution < -0.4 is 14.8 Å². The van der Waals surface area contributed by atoms with E-state index in [1.165, 1.54) is 12.1 Å². The first-order chi connectivity index (χ1) is 14.7. The highest BCUT2D eigenvalue weighted by molar-refractivity contribution is 7.93. The van der Waals surface area contributed by atoms with Crippen LogP contribution in [0.3, 0.4) is 0 Å². The molecule has 0 radical (unpaired) electrons. The van der Waals surface area contributed by atoms with Crippen LogP contribution in [0.15, 0.2) is 83.8 Å². The Kier molecular flexibility index (Phi) is 6.87. The van der Waals surface area contributed by atoms with Gasteiger partial charge in [-0.25, -0.2) is 16.8 Å². The first-order valence-electron chi connectivity index (χ1n) is 9.68. The van der Waals surface area contributed by atoms with Gasteiger partial charge in [0.05, 0.1) is 10.1 Å². The van der Waals surface area contributed by atoms with Crippen molar-refractivity contribution in [3.63, 3.8) is 0 Å². The summed E-state index contributed by atoms with van der Waals surface area (Å²) in [4.78, 5) is 0.205. The zero-order chi connectivity index (χ0) is 22.5. The van der Waals surface area contributed by atoms with E-state index in [0.29, 0.717) is 17.9 Å². The van der Waals surface area contributed by atoms with Gasteiger partial charge in [-0.15, -0.1) is 0 Å². The van der Waals surface area contributed by atoms with E-state index in [2.05, 4.69) is 14.8 Å². The maximum Gasteiger partial charge on any atom is 0.261 e. The minimum atomic E-state index is -3.62. The molecular weight excluding hydrogens is 434 g/mol. The quantitative estimate of drug-likeness (QED) is 0.444. The van der Waals surface area contributed by atoms with E-state index in [1.54, 1.807) is 68.4 Å². The van der Waals surface area contributed by atoms with Crippen LogP contribution in [0.4, 0.5) is 17.1 Å². The van der Waals surface area contributed by atoms with Gasteiger partial charge in [0.25, 0.3) is 10.0 Å². The van der Waals surface area contributed by atoms with Gasteiger partial charge in [0, 0.05) is 23.6 Å². The van der Waals surface area contributed by atoms with Crippen molar-refractivity contribution in [3.05, 3.63) is 84.4 Å². The standard InChI is InChI=1S/C22H25N3O4S2/c1-17(2)30(26,27)24-20-10-8-18(9-11-20)16-23-19-12-14-21(15-13-19)25-31(28,29)22-6-4-3-5-7-22/h3-15,17,23-25H,16H2,1-2H3. The molecule has 3 aromatic rings. The lowest BCUT2D eigenvalue weighted by molar-refractivity contribution is 0.592. The summed E-state index contributed by atoms with van der Waals surface area (Å²) >= 11 is 0. The van der Waals surface area contributed by atoms with Crippen molar-refractivity contribution in [1.82, 2.24) is 0 Å². The van der Waals surface area contributed by atoms with Crippen molar-refractivity contribution >= 4 is 37.1 Å². The SMILES string of the molecule is CC(C)S(=O)(=O)Nc1ccc(CNc2ccc(NS(=O)(=O)c3ccccc3)cc2)cc1. The fourth-order valence-corrected chi connectivity index (χ4v) is 4.43. The fraction of sp³-hybridized carbons (Fsp3) is 0.182. The van der Waals surface area contributed by atoms with Gasteiger partial charge in [0.15, 0.2) is 0 Å². The number of sulfonamides is 2. The molecule has 3 aromatic carbocycles. The molecule has 0 aromatic heterocycles. The molecule has 164 valence electrons. The predicted molar refractivity (Wildman–Crippen MR) is 125 cm³/mol. The Morgan fingerprint density at radius 3 is 1.77 bits per heavy atom. The minimum Gasteiger partial charge on any atom is -0.381 e. The molecule has 0 spiro atoms. The van der Waals surface area contributed by atoms with E-state index in [0.717, 1.165) is 11.3 Å². The van der Waals surface area contributed by atoms with Crippen LogP contribution in [0.1, 0.15) is 19.4 Å². The van der Waals surface area contributed by atoms with Gasteiger partial charge in [0.1, 0.15) is 0 Å². The molecule has 3 rings (SSSR count). The van der Waals surface area contributed by atoms with Crippen molar-refractivity contribution in [3.8, 4) is 0 Å². The van der Waals surface area contributed by atoms with E-state index < -0.39 is 25.3 Å². The third-order valence-corrected chi connectivity index (χ3v) is 7.68.